The number of para-hydroxylation sites is 1. The van der Waals surface area contributed by atoms with Crippen molar-refractivity contribution in [2.24, 2.45) is 5.73 Å². The second-order valence-electron chi connectivity index (χ2n) is 5.42. The number of rotatable bonds is 4. The molecule has 1 aromatic rings. The maximum Gasteiger partial charge on any atom is 0.238 e. The van der Waals surface area contributed by atoms with E-state index in [1.165, 1.54) is 6.07 Å². The van der Waals surface area contributed by atoms with Crippen LogP contribution in [0.4, 0.5) is 10.1 Å². The average Bonchev–Trinajstić information content (AvgIpc) is 2.41. The molecule has 110 valence electrons. The van der Waals surface area contributed by atoms with Crippen LogP contribution in [0.2, 0.25) is 0 Å². The van der Waals surface area contributed by atoms with E-state index in [1.807, 2.05) is 6.92 Å². The molecule has 2 rings (SSSR count). The molecule has 1 aromatic carbocycles. The summed E-state index contributed by atoms with van der Waals surface area (Å²) in [5.41, 5.74) is 6.21. The summed E-state index contributed by atoms with van der Waals surface area (Å²) >= 11 is 0. The van der Waals surface area contributed by atoms with Crippen molar-refractivity contribution in [3.8, 4) is 0 Å². The van der Waals surface area contributed by atoms with Gasteiger partial charge in [-0.2, -0.15) is 0 Å². The highest BCUT2D eigenvalue weighted by molar-refractivity contribution is 5.92. The van der Waals surface area contributed by atoms with Gasteiger partial charge in [0, 0.05) is 12.1 Å². The molecule has 20 heavy (non-hydrogen) atoms. The number of carbonyl (C=O) groups is 1. The molecule has 0 bridgehead atoms. The number of likely N-dealkylation sites (tertiary alicyclic amines) is 1. The molecule has 0 aromatic heterocycles. The van der Waals surface area contributed by atoms with Crippen molar-refractivity contribution >= 4 is 11.6 Å². The molecule has 1 fully saturated rings. The summed E-state index contributed by atoms with van der Waals surface area (Å²) in [6.45, 7) is 3.11. The second kappa shape index (κ2) is 6.81. The Labute approximate surface area is 119 Å². The van der Waals surface area contributed by atoms with Gasteiger partial charge < -0.3 is 11.1 Å². The van der Waals surface area contributed by atoms with E-state index >= 15 is 0 Å². The minimum Gasteiger partial charge on any atom is -0.327 e. The minimum absolute atomic E-state index is 0.0385. The Morgan fingerprint density at radius 2 is 2.25 bits per heavy atom. The zero-order chi connectivity index (χ0) is 14.5. The quantitative estimate of drug-likeness (QED) is 0.886. The maximum atomic E-state index is 13.5. The van der Waals surface area contributed by atoms with Crippen molar-refractivity contribution in [2.75, 3.05) is 18.4 Å². The molecule has 0 saturated carbocycles. The van der Waals surface area contributed by atoms with Gasteiger partial charge in [0.2, 0.25) is 5.91 Å². The fourth-order valence-electron chi connectivity index (χ4n) is 2.75. The SMILES string of the molecule is CC(N)C1CCCCN1CC(=O)Nc1ccccc1F. The van der Waals surface area contributed by atoms with Crippen LogP contribution in [0.3, 0.4) is 0 Å². The molecule has 2 unspecified atom stereocenters. The molecule has 1 aliphatic heterocycles. The third kappa shape index (κ3) is 3.77. The summed E-state index contributed by atoms with van der Waals surface area (Å²) in [5, 5.41) is 2.62. The highest BCUT2D eigenvalue weighted by Gasteiger charge is 2.26. The lowest BCUT2D eigenvalue weighted by Gasteiger charge is -2.37. The number of benzene rings is 1. The first-order chi connectivity index (χ1) is 9.58. The summed E-state index contributed by atoms with van der Waals surface area (Å²) < 4.78 is 13.5. The highest BCUT2D eigenvalue weighted by atomic mass is 19.1. The fourth-order valence-corrected chi connectivity index (χ4v) is 2.75. The molecular weight excluding hydrogens is 257 g/mol. The summed E-state index contributed by atoms with van der Waals surface area (Å²) in [5.74, 6) is -0.606. The summed E-state index contributed by atoms with van der Waals surface area (Å²) in [6, 6.07) is 6.46. The second-order valence-corrected chi connectivity index (χ2v) is 5.42. The van der Waals surface area contributed by atoms with Crippen LogP contribution in [-0.4, -0.2) is 36.0 Å². The van der Waals surface area contributed by atoms with Gasteiger partial charge in [-0.05, 0) is 38.4 Å². The predicted octanol–water partition coefficient (Wildman–Crippen LogP) is 1.97. The van der Waals surface area contributed by atoms with Gasteiger partial charge in [0.05, 0.1) is 12.2 Å². The number of hydrogen-bond acceptors (Lipinski definition) is 3. The monoisotopic (exact) mass is 279 g/mol. The number of hydrogen-bond donors (Lipinski definition) is 2. The van der Waals surface area contributed by atoms with Gasteiger partial charge in [-0.25, -0.2) is 4.39 Å². The van der Waals surface area contributed by atoms with E-state index in [4.69, 9.17) is 5.73 Å². The van der Waals surface area contributed by atoms with Crippen LogP contribution in [0.25, 0.3) is 0 Å². The van der Waals surface area contributed by atoms with Crippen LogP contribution in [-0.2, 0) is 4.79 Å². The fraction of sp³-hybridized carbons (Fsp3) is 0.533. The number of nitrogens with two attached hydrogens (primary N) is 1. The molecule has 4 nitrogen and oxygen atoms in total. The summed E-state index contributed by atoms with van der Waals surface area (Å²) in [6.07, 6.45) is 3.25. The molecule has 0 spiro atoms. The molecule has 2 atom stereocenters. The maximum absolute atomic E-state index is 13.5. The lowest BCUT2D eigenvalue weighted by molar-refractivity contribution is -0.118. The van der Waals surface area contributed by atoms with Gasteiger partial charge >= 0.3 is 0 Å². The van der Waals surface area contributed by atoms with Crippen molar-refractivity contribution < 1.29 is 9.18 Å². The first-order valence-corrected chi connectivity index (χ1v) is 7.12. The third-order valence-corrected chi connectivity index (χ3v) is 3.77. The van der Waals surface area contributed by atoms with Crippen molar-refractivity contribution in [3.05, 3.63) is 30.1 Å². The van der Waals surface area contributed by atoms with Gasteiger partial charge in [0.25, 0.3) is 0 Å². The van der Waals surface area contributed by atoms with E-state index in [0.717, 1.165) is 25.8 Å². The first kappa shape index (κ1) is 14.9. The molecular formula is C15H22FN3O. The molecule has 0 aliphatic carbocycles. The van der Waals surface area contributed by atoms with Crippen molar-refractivity contribution in [3.63, 3.8) is 0 Å². The minimum atomic E-state index is -0.414. The Kier molecular flexibility index (Phi) is 5.09. The van der Waals surface area contributed by atoms with Crippen LogP contribution in [0.1, 0.15) is 26.2 Å². The Balaban J connectivity index is 1.95. The number of amides is 1. The normalized spacial score (nSPS) is 21.4. The Morgan fingerprint density at radius 1 is 1.50 bits per heavy atom. The Hall–Kier alpha value is -1.46. The van der Waals surface area contributed by atoms with Crippen molar-refractivity contribution in [1.82, 2.24) is 4.90 Å². The van der Waals surface area contributed by atoms with E-state index in [2.05, 4.69) is 10.2 Å². The number of nitrogens with one attached hydrogen (secondary N) is 1. The molecule has 3 N–H and O–H groups in total. The molecule has 1 saturated heterocycles. The molecule has 1 aliphatic rings. The third-order valence-electron chi connectivity index (χ3n) is 3.77. The number of carbonyl (C=O) groups excluding carboxylic acids is 1. The Morgan fingerprint density at radius 3 is 2.95 bits per heavy atom. The van der Waals surface area contributed by atoms with E-state index in [-0.39, 0.29) is 30.2 Å². The van der Waals surface area contributed by atoms with Gasteiger partial charge in [0.15, 0.2) is 0 Å². The molecule has 1 amide bonds. The predicted molar refractivity (Wildman–Crippen MR) is 77.9 cm³/mol. The van der Waals surface area contributed by atoms with Crippen LogP contribution >= 0.6 is 0 Å². The highest BCUT2D eigenvalue weighted by Crippen LogP contribution is 2.19. The number of anilines is 1. The van der Waals surface area contributed by atoms with E-state index in [1.54, 1.807) is 18.2 Å². The topological polar surface area (TPSA) is 58.4 Å². The van der Waals surface area contributed by atoms with Gasteiger partial charge in [-0.15, -0.1) is 0 Å². The van der Waals surface area contributed by atoms with Crippen LogP contribution in [0.5, 0.6) is 0 Å². The van der Waals surface area contributed by atoms with E-state index in [0.29, 0.717) is 0 Å². The van der Waals surface area contributed by atoms with Gasteiger partial charge in [-0.3, -0.25) is 9.69 Å². The average molecular weight is 279 g/mol. The van der Waals surface area contributed by atoms with Crippen molar-refractivity contribution in [1.29, 1.82) is 0 Å². The summed E-state index contributed by atoms with van der Waals surface area (Å²) in [7, 11) is 0. The Bertz CT molecular complexity index is 464. The zero-order valence-corrected chi connectivity index (χ0v) is 11.8. The lowest BCUT2D eigenvalue weighted by Crippen LogP contribution is -2.51. The molecule has 5 heteroatoms. The van der Waals surface area contributed by atoms with E-state index in [9.17, 15) is 9.18 Å². The summed E-state index contributed by atoms with van der Waals surface area (Å²) in [4.78, 5) is 14.1. The van der Waals surface area contributed by atoms with Gasteiger partial charge in [-0.1, -0.05) is 18.6 Å². The zero-order valence-electron chi connectivity index (χ0n) is 11.8. The van der Waals surface area contributed by atoms with Crippen LogP contribution in [0.15, 0.2) is 24.3 Å². The largest absolute Gasteiger partial charge is 0.327 e. The van der Waals surface area contributed by atoms with E-state index < -0.39 is 5.82 Å². The van der Waals surface area contributed by atoms with Gasteiger partial charge in [0.1, 0.15) is 5.82 Å². The molecule has 0 radical (unpaired) electrons. The lowest BCUT2D eigenvalue weighted by atomic mass is 9.97. The van der Waals surface area contributed by atoms with Crippen LogP contribution < -0.4 is 11.1 Å². The molecule has 1 heterocycles. The van der Waals surface area contributed by atoms with Crippen molar-refractivity contribution in [2.45, 2.75) is 38.3 Å². The number of halogens is 1. The van der Waals surface area contributed by atoms with Crippen LogP contribution in [0, 0.1) is 5.82 Å². The first-order valence-electron chi connectivity index (χ1n) is 7.12. The standard InChI is InChI=1S/C15H22FN3O/c1-11(17)14-8-4-5-9-19(14)10-15(20)18-13-7-3-2-6-12(13)16/h2-3,6-7,11,14H,4-5,8-10,17H2,1H3,(H,18,20). The number of piperidine rings is 1. The smallest absolute Gasteiger partial charge is 0.238 e. The number of nitrogens with zero attached hydrogens (tertiary/aromatic N) is 1.